The van der Waals surface area contributed by atoms with Crippen LogP contribution in [-0.4, -0.2) is 11.6 Å². The van der Waals surface area contributed by atoms with Gasteiger partial charge in [-0.1, -0.05) is 11.6 Å². The monoisotopic (exact) mass is 297 g/mol. The summed E-state index contributed by atoms with van der Waals surface area (Å²) in [6.45, 7) is 2.58. The van der Waals surface area contributed by atoms with E-state index in [9.17, 15) is 0 Å². The molecule has 0 bridgehead atoms. The number of aromatic nitrogens is 1. The minimum Gasteiger partial charge on any atom is -0.494 e. The molecule has 1 aromatic carbocycles. The van der Waals surface area contributed by atoms with Crippen LogP contribution in [0.2, 0.25) is 5.02 Å². The molecule has 1 heterocycles. The van der Waals surface area contributed by atoms with E-state index < -0.39 is 0 Å². The Morgan fingerprint density at radius 1 is 1.05 bits per heavy atom. The molecule has 19 heavy (non-hydrogen) atoms. The van der Waals surface area contributed by atoms with Crippen LogP contribution in [0.4, 0.5) is 0 Å². The van der Waals surface area contributed by atoms with E-state index in [4.69, 9.17) is 32.7 Å². The molecular weight excluding hydrogens is 285 g/mol. The quantitative estimate of drug-likeness (QED) is 0.752. The summed E-state index contributed by atoms with van der Waals surface area (Å²) in [5.41, 5.74) is 0.603. The van der Waals surface area contributed by atoms with Crippen LogP contribution in [0.5, 0.6) is 17.4 Å². The van der Waals surface area contributed by atoms with E-state index in [-0.39, 0.29) is 5.88 Å². The second-order valence-corrected chi connectivity index (χ2v) is 4.39. The second kappa shape index (κ2) is 6.64. The van der Waals surface area contributed by atoms with Gasteiger partial charge in [0.15, 0.2) is 0 Å². The van der Waals surface area contributed by atoms with Crippen molar-refractivity contribution in [1.82, 2.24) is 4.98 Å². The number of hydrogen-bond donors (Lipinski definition) is 0. The van der Waals surface area contributed by atoms with Gasteiger partial charge in [0, 0.05) is 6.07 Å². The first-order valence-electron chi connectivity index (χ1n) is 5.85. The van der Waals surface area contributed by atoms with E-state index in [1.54, 1.807) is 12.1 Å². The molecule has 0 saturated carbocycles. The molecule has 100 valence electrons. The summed E-state index contributed by atoms with van der Waals surface area (Å²) in [5, 5.41) is 0.536. The highest BCUT2D eigenvalue weighted by Gasteiger charge is 2.05. The molecule has 2 rings (SSSR count). The van der Waals surface area contributed by atoms with Gasteiger partial charge in [-0.05, 0) is 37.3 Å². The Bertz CT molecular complexity index is 544. The molecule has 0 atom stereocenters. The van der Waals surface area contributed by atoms with Crippen molar-refractivity contribution in [3.05, 3.63) is 47.1 Å². The van der Waals surface area contributed by atoms with Gasteiger partial charge in [0.05, 0.1) is 23.2 Å². The standard InChI is InChI=1S/C14H13Cl2NO2/c1-2-18-10-3-5-11(6-4-10)19-14-8-7-12(16)13(9-15)17-14/h3-8H,2,9H2,1H3. The third kappa shape index (κ3) is 3.75. The van der Waals surface area contributed by atoms with Crippen molar-refractivity contribution >= 4 is 23.2 Å². The zero-order valence-corrected chi connectivity index (χ0v) is 11.9. The summed E-state index contributed by atoms with van der Waals surface area (Å²) in [4.78, 5) is 4.23. The van der Waals surface area contributed by atoms with Crippen molar-refractivity contribution in [1.29, 1.82) is 0 Å². The van der Waals surface area contributed by atoms with Crippen LogP contribution in [0.15, 0.2) is 36.4 Å². The molecule has 3 nitrogen and oxygen atoms in total. The van der Waals surface area contributed by atoms with Crippen LogP contribution in [0.3, 0.4) is 0 Å². The maximum atomic E-state index is 5.94. The first kappa shape index (κ1) is 14.0. The Kier molecular flexibility index (Phi) is 4.88. The van der Waals surface area contributed by atoms with Crippen LogP contribution in [0.1, 0.15) is 12.6 Å². The zero-order chi connectivity index (χ0) is 13.7. The first-order valence-corrected chi connectivity index (χ1v) is 6.76. The molecule has 0 radical (unpaired) electrons. The number of pyridine rings is 1. The van der Waals surface area contributed by atoms with E-state index in [2.05, 4.69) is 4.98 Å². The predicted octanol–water partition coefficient (Wildman–Crippen LogP) is 4.66. The minimum atomic E-state index is 0.249. The van der Waals surface area contributed by atoms with Gasteiger partial charge in [-0.25, -0.2) is 4.98 Å². The molecule has 0 aliphatic carbocycles. The second-order valence-electron chi connectivity index (χ2n) is 3.72. The molecule has 0 amide bonds. The summed E-state index contributed by atoms with van der Waals surface area (Å²) in [6.07, 6.45) is 0. The molecule has 1 aromatic heterocycles. The third-order valence-electron chi connectivity index (χ3n) is 2.38. The molecule has 0 spiro atoms. The highest BCUT2D eigenvalue weighted by atomic mass is 35.5. The summed E-state index contributed by atoms with van der Waals surface area (Å²) in [7, 11) is 0. The Morgan fingerprint density at radius 2 is 1.74 bits per heavy atom. The molecule has 0 aliphatic heterocycles. The van der Waals surface area contributed by atoms with Crippen LogP contribution in [-0.2, 0) is 5.88 Å². The Morgan fingerprint density at radius 3 is 2.37 bits per heavy atom. The van der Waals surface area contributed by atoms with E-state index in [0.717, 1.165) is 5.75 Å². The fourth-order valence-corrected chi connectivity index (χ4v) is 1.95. The molecular formula is C14H13Cl2NO2. The number of alkyl halides is 1. The van der Waals surface area contributed by atoms with Gasteiger partial charge in [-0.2, -0.15) is 0 Å². The molecule has 0 aliphatic rings. The lowest BCUT2D eigenvalue weighted by Crippen LogP contribution is -1.93. The van der Waals surface area contributed by atoms with Crippen LogP contribution < -0.4 is 9.47 Å². The fraction of sp³-hybridized carbons (Fsp3) is 0.214. The Labute approximate surface area is 122 Å². The van der Waals surface area contributed by atoms with Crippen LogP contribution >= 0.6 is 23.2 Å². The maximum absolute atomic E-state index is 5.94. The molecule has 0 saturated heterocycles. The summed E-state index contributed by atoms with van der Waals surface area (Å²) in [6, 6.07) is 10.8. The predicted molar refractivity (Wildman–Crippen MR) is 76.5 cm³/mol. The number of ether oxygens (including phenoxy) is 2. The summed E-state index contributed by atoms with van der Waals surface area (Å²) >= 11 is 11.7. The number of rotatable bonds is 5. The van der Waals surface area contributed by atoms with Gasteiger partial charge in [0.1, 0.15) is 11.5 Å². The van der Waals surface area contributed by atoms with Crippen molar-refractivity contribution in [2.75, 3.05) is 6.61 Å². The van der Waals surface area contributed by atoms with Gasteiger partial charge in [-0.15, -0.1) is 11.6 Å². The van der Waals surface area contributed by atoms with Crippen LogP contribution in [0.25, 0.3) is 0 Å². The first-order chi connectivity index (χ1) is 9.22. The number of benzene rings is 1. The van der Waals surface area contributed by atoms with E-state index >= 15 is 0 Å². The number of hydrogen-bond acceptors (Lipinski definition) is 3. The molecule has 5 heteroatoms. The minimum absolute atomic E-state index is 0.249. The highest BCUT2D eigenvalue weighted by Crippen LogP contribution is 2.25. The largest absolute Gasteiger partial charge is 0.494 e. The van der Waals surface area contributed by atoms with Crippen LogP contribution in [0, 0.1) is 0 Å². The lowest BCUT2D eigenvalue weighted by atomic mass is 10.3. The summed E-state index contributed by atoms with van der Waals surface area (Å²) < 4.78 is 11.0. The molecule has 0 unspecified atom stereocenters. The van der Waals surface area contributed by atoms with Gasteiger partial charge in [0.25, 0.3) is 0 Å². The maximum Gasteiger partial charge on any atom is 0.219 e. The average Bonchev–Trinajstić information content (AvgIpc) is 2.43. The Balaban J connectivity index is 2.12. The normalized spacial score (nSPS) is 10.3. The SMILES string of the molecule is CCOc1ccc(Oc2ccc(Cl)c(CCl)n2)cc1. The van der Waals surface area contributed by atoms with Crippen molar-refractivity contribution in [2.24, 2.45) is 0 Å². The fourth-order valence-electron chi connectivity index (χ4n) is 1.51. The lowest BCUT2D eigenvalue weighted by Gasteiger charge is -2.08. The van der Waals surface area contributed by atoms with Crippen molar-refractivity contribution < 1.29 is 9.47 Å². The molecule has 0 N–H and O–H groups in total. The van der Waals surface area contributed by atoms with E-state index in [1.807, 2.05) is 31.2 Å². The van der Waals surface area contributed by atoms with Gasteiger partial charge >= 0.3 is 0 Å². The number of halogens is 2. The highest BCUT2D eigenvalue weighted by molar-refractivity contribution is 6.32. The van der Waals surface area contributed by atoms with Gasteiger partial charge in [-0.3, -0.25) is 0 Å². The zero-order valence-electron chi connectivity index (χ0n) is 10.4. The van der Waals surface area contributed by atoms with Crippen molar-refractivity contribution in [3.63, 3.8) is 0 Å². The van der Waals surface area contributed by atoms with E-state index in [1.165, 1.54) is 0 Å². The molecule has 2 aromatic rings. The van der Waals surface area contributed by atoms with Crippen molar-refractivity contribution in [2.45, 2.75) is 12.8 Å². The smallest absolute Gasteiger partial charge is 0.219 e. The van der Waals surface area contributed by atoms with E-state index in [0.29, 0.717) is 29.0 Å². The van der Waals surface area contributed by atoms with Gasteiger partial charge in [0.2, 0.25) is 5.88 Å². The Hall–Kier alpha value is -1.45. The molecule has 0 fully saturated rings. The lowest BCUT2D eigenvalue weighted by molar-refractivity contribution is 0.339. The number of nitrogens with zero attached hydrogens (tertiary/aromatic N) is 1. The van der Waals surface area contributed by atoms with Gasteiger partial charge < -0.3 is 9.47 Å². The average molecular weight is 298 g/mol. The topological polar surface area (TPSA) is 31.4 Å². The summed E-state index contributed by atoms with van der Waals surface area (Å²) in [5.74, 6) is 2.20. The third-order valence-corrected chi connectivity index (χ3v) is 2.97. The van der Waals surface area contributed by atoms with Crippen molar-refractivity contribution in [3.8, 4) is 17.4 Å².